The van der Waals surface area contributed by atoms with Gasteiger partial charge in [0.25, 0.3) is 5.91 Å². The van der Waals surface area contributed by atoms with Crippen molar-refractivity contribution in [3.63, 3.8) is 0 Å². The molecular weight excluding hydrogens is 328 g/mol. The second-order valence-corrected chi connectivity index (χ2v) is 5.82. The number of carbonyl (C=O) groups excluding carboxylic acids is 1. The lowest BCUT2D eigenvalue weighted by Gasteiger charge is -2.12. The number of carbonyl (C=O) groups is 1. The topological polar surface area (TPSA) is 76.1 Å². The number of nitrogens with zero attached hydrogens (tertiary/aromatic N) is 2. The van der Waals surface area contributed by atoms with Crippen molar-refractivity contribution in [3.8, 4) is 5.75 Å². The zero-order valence-electron chi connectivity index (χ0n) is 14.9. The zero-order chi connectivity index (χ0) is 18.5. The van der Waals surface area contributed by atoms with Crippen LogP contribution in [0, 0.1) is 13.8 Å². The second-order valence-electron chi connectivity index (χ2n) is 5.82. The first-order valence-electron chi connectivity index (χ1n) is 8.18. The highest BCUT2D eigenvalue weighted by molar-refractivity contribution is 6.03. The lowest BCUT2D eigenvalue weighted by Crippen LogP contribution is -2.15. The van der Waals surface area contributed by atoms with E-state index in [2.05, 4.69) is 20.6 Å². The minimum atomic E-state index is -0.288. The number of hydrogen-bond donors (Lipinski definition) is 2. The zero-order valence-corrected chi connectivity index (χ0v) is 14.9. The summed E-state index contributed by atoms with van der Waals surface area (Å²) in [7, 11) is 1.60. The molecule has 0 saturated carbocycles. The Labute approximate surface area is 152 Å². The van der Waals surface area contributed by atoms with Crippen molar-refractivity contribution in [1.29, 1.82) is 0 Å². The molecule has 1 amide bonds. The standard InChI is InChI=1S/C20H20N4O2/c1-13-7-6-9-15(14(13)2)24-20(25)17-11-19(22-12-21-17)23-16-8-4-5-10-18(16)26-3/h4-12H,1-3H3,(H,24,25)(H,21,22,23). The van der Waals surface area contributed by atoms with Gasteiger partial charge in [0.05, 0.1) is 12.8 Å². The Morgan fingerprint density at radius 1 is 1.00 bits per heavy atom. The third-order valence-corrected chi connectivity index (χ3v) is 4.12. The Hall–Kier alpha value is -3.41. The van der Waals surface area contributed by atoms with Crippen LogP contribution in [0.1, 0.15) is 21.6 Å². The molecule has 0 saturated heterocycles. The van der Waals surface area contributed by atoms with Gasteiger partial charge >= 0.3 is 0 Å². The molecule has 0 radical (unpaired) electrons. The SMILES string of the molecule is COc1ccccc1Nc1cc(C(=O)Nc2cccc(C)c2C)ncn1. The van der Waals surface area contributed by atoms with E-state index in [1.807, 2.05) is 56.3 Å². The van der Waals surface area contributed by atoms with Crippen LogP contribution >= 0.6 is 0 Å². The van der Waals surface area contributed by atoms with Gasteiger partial charge in [0, 0.05) is 11.8 Å². The van der Waals surface area contributed by atoms with Gasteiger partial charge in [-0.15, -0.1) is 0 Å². The third kappa shape index (κ3) is 3.80. The molecule has 2 N–H and O–H groups in total. The molecule has 0 aliphatic carbocycles. The third-order valence-electron chi connectivity index (χ3n) is 4.12. The molecule has 0 spiro atoms. The Bertz CT molecular complexity index is 941. The number of rotatable bonds is 5. The van der Waals surface area contributed by atoms with E-state index in [9.17, 15) is 4.79 Å². The lowest BCUT2D eigenvalue weighted by molar-refractivity contribution is 0.102. The summed E-state index contributed by atoms with van der Waals surface area (Å²) in [5.41, 5.74) is 3.95. The highest BCUT2D eigenvalue weighted by atomic mass is 16.5. The van der Waals surface area contributed by atoms with Gasteiger partial charge in [0.15, 0.2) is 0 Å². The highest BCUT2D eigenvalue weighted by Crippen LogP contribution is 2.26. The Kier molecular flexibility index (Phi) is 5.12. The number of anilines is 3. The van der Waals surface area contributed by atoms with Gasteiger partial charge in [0.2, 0.25) is 0 Å². The molecule has 0 bridgehead atoms. The molecule has 3 aromatic rings. The molecule has 1 aromatic heterocycles. The number of aryl methyl sites for hydroxylation is 1. The predicted molar refractivity (Wildman–Crippen MR) is 102 cm³/mol. The molecule has 6 heteroatoms. The number of para-hydroxylation sites is 2. The molecule has 0 unspecified atom stereocenters. The number of methoxy groups -OCH3 is 1. The number of ether oxygens (including phenoxy) is 1. The fourth-order valence-corrected chi connectivity index (χ4v) is 2.51. The fraction of sp³-hybridized carbons (Fsp3) is 0.150. The van der Waals surface area contributed by atoms with E-state index in [-0.39, 0.29) is 11.6 Å². The van der Waals surface area contributed by atoms with E-state index in [1.165, 1.54) is 6.33 Å². The largest absolute Gasteiger partial charge is 0.495 e. The van der Waals surface area contributed by atoms with Crippen molar-refractivity contribution in [2.24, 2.45) is 0 Å². The van der Waals surface area contributed by atoms with Crippen LogP contribution in [0.2, 0.25) is 0 Å². The molecule has 26 heavy (non-hydrogen) atoms. The minimum absolute atomic E-state index is 0.276. The molecule has 0 atom stereocenters. The number of hydrogen-bond acceptors (Lipinski definition) is 5. The molecule has 1 heterocycles. The summed E-state index contributed by atoms with van der Waals surface area (Å²) in [6, 6.07) is 14.9. The molecule has 6 nitrogen and oxygen atoms in total. The number of nitrogens with one attached hydrogen (secondary N) is 2. The summed E-state index contributed by atoms with van der Waals surface area (Å²) in [5, 5.41) is 6.05. The molecule has 0 aliphatic rings. The van der Waals surface area contributed by atoms with Crippen LogP contribution in [-0.4, -0.2) is 23.0 Å². The van der Waals surface area contributed by atoms with Crippen molar-refractivity contribution in [3.05, 3.63) is 71.7 Å². The smallest absolute Gasteiger partial charge is 0.274 e. The van der Waals surface area contributed by atoms with Gasteiger partial charge < -0.3 is 15.4 Å². The fourth-order valence-electron chi connectivity index (χ4n) is 2.51. The molecule has 3 rings (SSSR count). The van der Waals surface area contributed by atoms with Crippen LogP contribution in [0.4, 0.5) is 17.2 Å². The quantitative estimate of drug-likeness (QED) is 0.726. The monoisotopic (exact) mass is 348 g/mol. The number of benzene rings is 2. The Balaban J connectivity index is 1.80. The number of amides is 1. The first kappa shape index (κ1) is 17.4. The normalized spacial score (nSPS) is 10.3. The van der Waals surface area contributed by atoms with Gasteiger partial charge in [-0.2, -0.15) is 0 Å². The van der Waals surface area contributed by atoms with Crippen molar-refractivity contribution >= 4 is 23.1 Å². The maximum atomic E-state index is 12.6. The predicted octanol–water partition coefficient (Wildman–Crippen LogP) is 4.10. The number of aromatic nitrogens is 2. The maximum Gasteiger partial charge on any atom is 0.274 e. The van der Waals surface area contributed by atoms with Gasteiger partial charge in [-0.3, -0.25) is 4.79 Å². The highest BCUT2D eigenvalue weighted by Gasteiger charge is 2.12. The minimum Gasteiger partial charge on any atom is -0.495 e. The lowest BCUT2D eigenvalue weighted by atomic mass is 10.1. The van der Waals surface area contributed by atoms with Crippen molar-refractivity contribution in [2.45, 2.75) is 13.8 Å². The maximum absolute atomic E-state index is 12.6. The van der Waals surface area contributed by atoms with Gasteiger partial charge in [-0.1, -0.05) is 24.3 Å². The van der Waals surface area contributed by atoms with Crippen LogP contribution in [0.5, 0.6) is 5.75 Å². The summed E-state index contributed by atoms with van der Waals surface area (Å²) in [6.07, 6.45) is 1.36. The Morgan fingerprint density at radius 3 is 2.58 bits per heavy atom. The van der Waals surface area contributed by atoms with E-state index < -0.39 is 0 Å². The van der Waals surface area contributed by atoms with Crippen molar-refractivity contribution in [2.75, 3.05) is 17.7 Å². The Morgan fingerprint density at radius 2 is 1.77 bits per heavy atom. The van der Waals surface area contributed by atoms with Crippen LogP contribution in [0.3, 0.4) is 0 Å². The van der Waals surface area contributed by atoms with Gasteiger partial charge in [0.1, 0.15) is 23.6 Å². The molecule has 132 valence electrons. The van der Waals surface area contributed by atoms with Crippen LogP contribution in [0.15, 0.2) is 54.9 Å². The second kappa shape index (κ2) is 7.65. The summed E-state index contributed by atoms with van der Waals surface area (Å²) < 4.78 is 5.31. The van der Waals surface area contributed by atoms with E-state index in [1.54, 1.807) is 13.2 Å². The molecule has 2 aromatic carbocycles. The first-order valence-corrected chi connectivity index (χ1v) is 8.18. The summed E-state index contributed by atoms with van der Waals surface area (Å²) >= 11 is 0. The van der Waals surface area contributed by atoms with E-state index in [4.69, 9.17) is 4.74 Å². The van der Waals surface area contributed by atoms with Crippen LogP contribution in [0.25, 0.3) is 0 Å². The van der Waals surface area contributed by atoms with Crippen molar-refractivity contribution in [1.82, 2.24) is 9.97 Å². The van der Waals surface area contributed by atoms with Crippen LogP contribution < -0.4 is 15.4 Å². The first-order chi connectivity index (χ1) is 12.6. The van der Waals surface area contributed by atoms with Gasteiger partial charge in [-0.25, -0.2) is 9.97 Å². The van der Waals surface area contributed by atoms with Gasteiger partial charge in [-0.05, 0) is 43.2 Å². The van der Waals surface area contributed by atoms with Crippen LogP contribution in [-0.2, 0) is 0 Å². The van der Waals surface area contributed by atoms with Crippen molar-refractivity contribution < 1.29 is 9.53 Å². The average molecular weight is 348 g/mol. The summed E-state index contributed by atoms with van der Waals surface area (Å²) in [6.45, 7) is 3.98. The molecular formula is C20H20N4O2. The summed E-state index contributed by atoms with van der Waals surface area (Å²) in [5.74, 6) is 0.910. The summed E-state index contributed by atoms with van der Waals surface area (Å²) in [4.78, 5) is 20.8. The van der Waals surface area contributed by atoms with E-state index in [0.29, 0.717) is 11.6 Å². The van der Waals surface area contributed by atoms with E-state index >= 15 is 0 Å². The molecule has 0 aliphatic heterocycles. The van der Waals surface area contributed by atoms with E-state index in [0.717, 1.165) is 22.5 Å². The molecule has 0 fully saturated rings. The average Bonchev–Trinajstić information content (AvgIpc) is 2.66.